The van der Waals surface area contributed by atoms with Crippen LogP contribution in [0.15, 0.2) is 38.0 Å². The first-order chi connectivity index (χ1) is 4.85. The molecule has 0 unspecified atom stereocenters. The first-order valence-electron chi connectivity index (χ1n) is 3.40. The van der Waals surface area contributed by atoms with Gasteiger partial charge in [-0.3, -0.25) is 0 Å². The molecule has 0 amide bonds. The summed E-state index contributed by atoms with van der Waals surface area (Å²) in [5, 5.41) is 0. The van der Waals surface area contributed by atoms with Gasteiger partial charge in [0.25, 0.3) is 0 Å². The van der Waals surface area contributed by atoms with Crippen LogP contribution in [0.5, 0.6) is 0 Å². The van der Waals surface area contributed by atoms with Gasteiger partial charge in [-0.15, -0.1) is 19.7 Å². The molecule has 0 rings (SSSR count). The van der Waals surface area contributed by atoms with Gasteiger partial charge in [-0.25, -0.2) is 0 Å². The largest absolute Gasteiger partial charge is 0.103 e. The predicted molar refractivity (Wildman–Crippen MR) is 52.1 cm³/mol. The third-order valence-electron chi connectivity index (χ3n) is 1.16. The molecule has 0 heterocycles. The van der Waals surface area contributed by atoms with Crippen molar-refractivity contribution in [1.29, 1.82) is 0 Å². The first-order valence-corrected chi connectivity index (χ1v) is 5.30. The van der Waals surface area contributed by atoms with Gasteiger partial charge in [0.2, 0.25) is 0 Å². The van der Waals surface area contributed by atoms with Crippen LogP contribution in [0.2, 0.25) is 0 Å². The summed E-state index contributed by atoms with van der Waals surface area (Å²) < 4.78 is 0. The minimum absolute atomic E-state index is 0. The van der Waals surface area contributed by atoms with Crippen molar-refractivity contribution in [2.45, 2.75) is 0 Å². The van der Waals surface area contributed by atoms with E-state index in [0.29, 0.717) is 0 Å². The van der Waals surface area contributed by atoms with E-state index >= 15 is 0 Å². The van der Waals surface area contributed by atoms with Crippen LogP contribution in [0.25, 0.3) is 0 Å². The molecule has 1 radical (unpaired) electrons. The average Bonchev–Trinajstić information content (AvgIpc) is 1.90. The maximum absolute atomic E-state index is 3.71. The fraction of sp³-hybridized carbons (Fsp3) is 0.333. The second-order valence-corrected chi connectivity index (χ2v) is 4.52. The molecule has 0 spiro atoms. The molecule has 0 aliphatic rings. The minimum atomic E-state index is 0. The molecule has 0 aromatic carbocycles. The van der Waals surface area contributed by atoms with Crippen LogP contribution < -0.4 is 0 Å². The summed E-state index contributed by atoms with van der Waals surface area (Å²) in [6.45, 7) is 11.1. The summed E-state index contributed by atoms with van der Waals surface area (Å²) >= 11 is 0. The maximum atomic E-state index is 3.71. The monoisotopic (exact) mass is 351 g/mol. The molecule has 2 heteroatoms. The molecule has 11 heavy (non-hydrogen) atoms. The zero-order valence-electron chi connectivity index (χ0n) is 6.72. The molecule has 0 saturated heterocycles. The van der Waals surface area contributed by atoms with Crippen LogP contribution >= 0.6 is 7.92 Å². The van der Waals surface area contributed by atoms with Gasteiger partial charge in [0.15, 0.2) is 0 Å². The van der Waals surface area contributed by atoms with Gasteiger partial charge in [0, 0.05) is 22.4 Å². The second-order valence-electron chi connectivity index (χ2n) is 2.08. The van der Waals surface area contributed by atoms with E-state index < -0.39 is 0 Å². The Hall–Kier alpha value is 0.390. The van der Waals surface area contributed by atoms with Gasteiger partial charge >= 0.3 is 0 Å². The number of hydrogen-bond acceptors (Lipinski definition) is 0. The van der Waals surface area contributed by atoms with Gasteiger partial charge < -0.3 is 0 Å². The first kappa shape index (κ1) is 13.9. The van der Waals surface area contributed by atoms with Crippen LogP contribution in [0.1, 0.15) is 0 Å². The summed E-state index contributed by atoms with van der Waals surface area (Å²) in [5.41, 5.74) is 0. The number of allylic oxidation sites excluding steroid dienone is 3. The summed E-state index contributed by atoms with van der Waals surface area (Å²) in [6, 6.07) is 0. The van der Waals surface area contributed by atoms with E-state index in [9.17, 15) is 0 Å². The normalized spacial score (nSPS) is 8.45. The molecule has 0 nitrogen and oxygen atoms in total. The van der Waals surface area contributed by atoms with Gasteiger partial charge in [0.1, 0.15) is 0 Å². The Labute approximate surface area is 86.7 Å². The molecular weight excluding hydrogens is 336 g/mol. The minimum Gasteiger partial charge on any atom is -0.103 e. The van der Waals surface area contributed by atoms with E-state index in [4.69, 9.17) is 0 Å². The molecule has 0 atom stereocenters. The standard InChI is InChI=1S/C9H15P.Au/c1-4-7-10(8-5-2)9-6-3;/h4-6H,1-3,7-9H2;. The fourth-order valence-corrected chi connectivity index (χ4v) is 2.31. The molecule has 0 aromatic heterocycles. The van der Waals surface area contributed by atoms with Crippen LogP contribution in [-0.2, 0) is 22.4 Å². The quantitative estimate of drug-likeness (QED) is 0.392. The Morgan fingerprint density at radius 2 is 1.09 bits per heavy atom. The van der Waals surface area contributed by atoms with E-state index in [1.807, 2.05) is 18.2 Å². The molecular formula is C9H15AuP. The van der Waals surface area contributed by atoms with E-state index in [1.165, 1.54) is 0 Å². The summed E-state index contributed by atoms with van der Waals surface area (Å²) in [7, 11) is 0.0849. The Kier molecular flexibility index (Phi) is 13.2. The Morgan fingerprint density at radius 3 is 1.27 bits per heavy atom. The van der Waals surface area contributed by atoms with Crippen LogP contribution in [-0.4, -0.2) is 18.5 Å². The van der Waals surface area contributed by atoms with Crippen molar-refractivity contribution < 1.29 is 22.4 Å². The van der Waals surface area contributed by atoms with Crippen molar-refractivity contribution in [3.63, 3.8) is 0 Å². The number of hydrogen-bond donors (Lipinski definition) is 0. The van der Waals surface area contributed by atoms with Crippen LogP contribution in [0.4, 0.5) is 0 Å². The fourth-order valence-electron chi connectivity index (χ4n) is 0.771. The smallest absolute Gasteiger partial charge is 0 e. The molecule has 0 aromatic rings. The van der Waals surface area contributed by atoms with E-state index in [2.05, 4.69) is 19.7 Å². The third kappa shape index (κ3) is 8.30. The zero-order valence-corrected chi connectivity index (χ0v) is 9.78. The number of rotatable bonds is 6. The molecule has 0 fully saturated rings. The van der Waals surface area contributed by atoms with Crippen LogP contribution in [0, 0.1) is 0 Å². The average molecular weight is 351 g/mol. The molecule has 0 aliphatic carbocycles. The molecule has 0 N–H and O–H groups in total. The van der Waals surface area contributed by atoms with Crippen molar-refractivity contribution >= 4 is 7.92 Å². The van der Waals surface area contributed by atoms with Crippen molar-refractivity contribution in [1.82, 2.24) is 0 Å². The summed E-state index contributed by atoms with van der Waals surface area (Å²) in [6.07, 6.45) is 9.35. The van der Waals surface area contributed by atoms with E-state index in [0.717, 1.165) is 18.5 Å². The van der Waals surface area contributed by atoms with Crippen LogP contribution in [0.3, 0.4) is 0 Å². The van der Waals surface area contributed by atoms with Gasteiger partial charge in [0.05, 0.1) is 0 Å². The summed E-state index contributed by atoms with van der Waals surface area (Å²) in [5.74, 6) is 0. The van der Waals surface area contributed by atoms with Crippen molar-refractivity contribution in [2.75, 3.05) is 18.5 Å². The van der Waals surface area contributed by atoms with Crippen molar-refractivity contribution in [3.8, 4) is 0 Å². The van der Waals surface area contributed by atoms with Gasteiger partial charge in [-0.05, 0) is 18.5 Å². The molecule has 0 saturated carbocycles. The molecule has 0 aliphatic heterocycles. The van der Waals surface area contributed by atoms with Crippen molar-refractivity contribution in [2.24, 2.45) is 0 Å². The van der Waals surface area contributed by atoms with Gasteiger partial charge in [-0.2, -0.15) is 0 Å². The Bertz CT molecular complexity index is 97.0. The third-order valence-corrected chi connectivity index (χ3v) is 3.49. The predicted octanol–water partition coefficient (Wildman–Crippen LogP) is 3.02. The SMILES string of the molecule is C=CCP(CC=C)CC=C.[Au]. The Morgan fingerprint density at radius 1 is 0.818 bits per heavy atom. The van der Waals surface area contributed by atoms with E-state index in [-0.39, 0.29) is 30.3 Å². The van der Waals surface area contributed by atoms with Gasteiger partial charge in [-0.1, -0.05) is 26.1 Å². The second kappa shape index (κ2) is 10.4. The molecule has 0 bridgehead atoms. The Balaban J connectivity index is 0. The maximum Gasteiger partial charge on any atom is 0 e. The van der Waals surface area contributed by atoms with Crippen molar-refractivity contribution in [3.05, 3.63) is 38.0 Å². The molecule has 67 valence electrons. The topological polar surface area (TPSA) is 0 Å². The van der Waals surface area contributed by atoms with E-state index in [1.54, 1.807) is 0 Å². The summed E-state index contributed by atoms with van der Waals surface area (Å²) in [4.78, 5) is 0. The zero-order chi connectivity index (χ0) is 7.82.